The van der Waals surface area contributed by atoms with Crippen LogP contribution in [0.15, 0.2) is 40.9 Å². The standard InChI is InChI=1S/C17H19BrFNO/c1-4-21-13-6-8-15(16(18)10-13)17(20-3)14-7-5-12(19)9-11(14)2/h5-10,17,20H,4H2,1-3H3. The molecular weight excluding hydrogens is 333 g/mol. The lowest BCUT2D eigenvalue weighted by Crippen LogP contribution is -2.19. The van der Waals surface area contributed by atoms with Crippen LogP contribution in [0.4, 0.5) is 4.39 Å². The lowest BCUT2D eigenvalue weighted by Gasteiger charge is -2.21. The Balaban J connectivity index is 2.41. The summed E-state index contributed by atoms with van der Waals surface area (Å²) in [5, 5.41) is 3.29. The summed E-state index contributed by atoms with van der Waals surface area (Å²) in [6.07, 6.45) is 0. The highest BCUT2D eigenvalue weighted by atomic mass is 79.9. The van der Waals surface area contributed by atoms with Crippen LogP contribution in [0, 0.1) is 12.7 Å². The van der Waals surface area contributed by atoms with Gasteiger partial charge in [-0.1, -0.05) is 28.1 Å². The molecule has 0 aliphatic carbocycles. The third kappa shape index (κ3) is 3.63. The van der Waals surface area contributed by atoms with Crippen molar-refractivity contribution < 1.29 is 9.13 Å². The number of hydrogen-bond acceptors (Lipinski definition) is 2. The molecule has 0 saturated heterocycles. The molecule has 0 amide bonds. The Kier molecular flexibility index (Phi) is 5.37. The number of nitrogens with one attached hydrogen (secondary N) is 1. The first-order valence-corrected chi connectivity index (χ1v) is 7.71. The van der Waals surface area contributed by atoms with Crippen LogP contribution in [0.1, 0.15) is 29.7 Å². The van der Waals surface area contributed by atoms with Crippen LogP contribution in [-0.4, -0.2) is 13.7 Å². The molecule has 112 valence electrons. The van der Waals surface area contributed by atoms with Crippen LogP contribution in [0.3, 0.4) is 0 Å². The Morgan fingerprint density at radius 1 is 1.19 bits per heavy atom. The largest absolute Gasteiger partial charge is 0.494 e. The number of benzene rings is 2. The van der Waals surface area contributed by atoms with Crippen LogP contribution in [-0.2, 0) is 0 Å². The molecule has 0 bridgehead atoms. The molecule has 0 spiro atoms. The predicted octanol–water partition coefficient (Wildman–Crippen LogP) is 4.60. The second-order valence-electron chi connectivity index (χ2n) is 4.84. The highest BCUT2D eigenvalue weighted by Gasteiger charge is 2.17. The molecule has 1 atom stereocenters. The van der Waals surface area contributed by atoms with Gasteiger partial charge in [-0.05, 0) is 61.9 Å². The average molecular weight is 352 g/mol. The number of aryl methyl sites for hydroxylation is 1. The molecule has 0 radical (unpaired) electrons. The highest BCUT2D eigenvalue weighted by molar-refractivity contribution is 9.10. The number of hydrogen-bond donors (Lipinski definition) is 1. The van der Waals surface area contributed by atoms with Crippen molar-refractivity contribution in [3.63, 3.8) is 0 Å². The van der Waals surface area contributed by atoms with Gasteiger partial charge in [-0.25, -0.2) is 4.39 Å². The molecule has 1 N–H and O–H groups in total. The van der Waals surface area contributed by atoms with E-state index in [-0.39, 0.29) is 11.9 Å². The van der Waals surface area contributed by atoms with Crippen LogP contribution in [0.25, 0.3) is 0 Å². The van der Waals surface area contributed by atoms with E-state index in [1.807, 2.05) is 45.2 Å². The van der Waals surface area contributed by atoms with E-state index < -0.39 is 0 Å². The van der Waals surface area contributed by atoms with Crippen molar-refractivity contribution in [2.45, 2.75) is 19.9 Å². The molecule has 0 fully saturated rings. The highest BCUT2D eigenvalue weighted by Crippen LogP contribution is 2.32. The molecule has 0 aromatic heterocycles. The Hall–Kier alpha value is -1.39. The molecule has 2 nitrogen and oxygen atoms in total. The van der Waals surface area contributed by atoms with Crippen LogP contribution >= 0.6 is 15.9 Å². The summed E-state index contributed by atoms with van der Waals surface area (Å²) in [5.74, 6) is 0.621. The van der Waals surface area contributed by atoms with E-state index in [1.54, 1.807) is 6.07 Å². The number of ether oxygens (including phenoxy) is 1. The van der Waals surface area contributed by atoms with Crippen molar-refractivity contribution in [1.82, 2.24) is 5.32 Å². The SMILES string of the molecule is CCOc1ccc(C(NC)c2ccc(F)cc2C)c(Br)c1. The van der Waals surface area contributed by atoms with E-state index in [1.165, 1.54) is 6.07 Å². The maximum Gasteiger partial charge on any atom is 0.123 e. The van der Waals surface area contributed by atoms with Gasteiger partial charge in [0, 0.05) is 4.47 Å². The van der Waals surface area contributed by atoms with E-state index in [0.29, 0.717) is 6.61 Å². The van der Waals surface area contributed by atoms with Gasteiger partial charge in [-0.3, -0.25) is 0 Å². The van der Waals surface area contributed by atoms with Crippen molar-refractivity contribution in [1.29, 1.82) is 0 Å². The van der Waals surface area contributed by atoms with Crippen molar-refractivity contribution in [2.75, 3.05) is 13.7 Å². The van der Waals surface area contributed by atoms with Gasteiger partial charge in [0.1, 0.15) is 11.6 Å². The van der Waals surface area contributed by atoms with Gasteiger partial charge in [0.2, 0.25) is 0 Å². The fourth-order valence-electron chi connectivity index (χ4n) is 2.44. The fourth-order valence-corrected chi connectivity index (χ4v) is 3.03. The van der Waals surface area contributed by atoms with Crippen molar-refractivity contribution >= 4 is 15.9 Å². The third-order valence-corrected chi connectivity index (χ3v) is 4.11. The lowest BCUT2D eigenvalue weighted by atomic mass is 9.95. The summed E-state index contributed by atoms with van der Waals surface area (Å²) < 4.78 is 19.8. The topological polar surface area (TPSA) is 21.3 Å². The number of halogens is 2. The van der Waals surface area contributed by atoms with Crippen molar-refractivity contribution in [2.24, 2.45) is 0 Å². The van der Waals surface area contributed by atoms with Gasteiger partial charge in [-0.15, -0.1) is 0 Å². The van der Waals surface area contributed by atoms with Gasteiger partial charge in [-0.2, -0.15) is 0 Å². The number of rotatable bonds is 5. The zero-order valence-corrected chi connectivity index (χ0v) is 14.0. The van der Waals surface area contributed by atoms with E-state index in [2.05, 4.69) is 21.2 Å². The summed E-state index contributed by atoms with van der Waals surface area (Å²) in [5.41, 5.74) is 3.08. The summed E-state index contributed by atoms with van der Waals surface area (Å²) >= 11 is 3.60. The molecular formula is C17H19BrFNO. The Labute approximate surface area is 133 Å². The second kappa shape index (κ2) is 7.05. The second-order valence-corrected chi connectivity index (χ2v) is 5.69. The molecule has 0 aliphatic heterocycles. The quantitative estimate of drug-likeness (QED) is 0.849. The molecule has 21 heavy (non-hydrogen) atoms. The van der Waals surface area contributed by atoms with Crippen molar-refractivity contribution in [3.8, 4) is 5.75 Å². The maximum absolute atomic E-state index is 13.3. The first kappa shape index (κ1) is 16.0. The minimum atomic E-state index is -0.211. The summed E-state index contributed by atoms with van der Waals surface area (Å²) in [6, 6.07) is 10.8. The molecule has 4 heteroatoms. The first-order valence-electron chi connectivity index (χ1n) is 6.92. The van der Waals surface area contributed by atoms with E-state index in [9.17, 15) is 4.39 Å². The fraction of sp³-hybridized carbons (Fsp3) is 0.294. The molecule has 2 aromatic rings. The van der Waals surface area contributed by atoms with E-state index in [0.717, 1.165) is 26.9 Å². The lowest BCUT2D eigenvalue weighted by molar-refractivity contribution is 0.340. The Morgan fingerprint density at radius 3 is 2.48 bits per heavy atom. The summed E-state index contributed by atoms with van der Waals surface area (Å²) in [4.78, 5) is 0. The molecule has 0 saturated carbocycles. The Bertz CT molecular complexity index is 630. The van der Waals surface area contributed by atoms with Gasteiger partial charge in [0.25, 0.3) is 0 Å². The average Bonchev–Trinajstić information content (AvgIpc) is 2.44. The minimum absolute atomic E-state index is 0.00403. The predicted molar refractivity (Wildman–Crippen MR) is 87.4 cm³/mol. The minimum Gasteiger partial charge on any atom is -0.494 e. The smallest absolute Gasteiger partial charge is 0.123 e. The zero-order chi connectivity index (χ0) is 15.4. The maximum atomic E-state index is 13.3. The van der Waals surface area contributed by atoms with Gasteiger partial charge < -0.3 is 10.1 Å². The molecule has 1 unspecified atom stereocenters. The summed E-state index contributed by atoms with van der Waals surface area (Å²) in [7, 11) is 1.90. The summed E-state index contributed by atoms with van der Waals surface area (Å²) in [6.45, 7) is 4.52. The van der Waals surface area contributed by atoms with Gasteiger partial charge >= 0.3 is 0 Å². The molecule has 2 rings (SSSR count). The van der Waals surface area contributed by atoms with Crippen molar-refractivity contribution in [3.05, 3.63) is 63.4 Å². The normalized spacial score (nSPS) is 12.2. The monoisotopic (exact) mass is 351 g/mol. The van der Waals surface area contributed by atoms with Crippen LogP contribution in [0.5, 0.6) is 5.75 Å². The van der Waals surface area contributed by atoms with Crippen LogP contribution < -0.4 is 10.1 Å². The van der Waals surface area contributed by atoms with E-state index >= 15 is 0 Å². The van der Waals surface area contributed by atoms with E-state index in [4.69, 9.17) is 4.74 Å². The van der Waals surface area contributed by atoms with Gasteiger partial charge in [0.05, 0.1) is 12.6 Å². The van der Waals surface area contributed by atoms with Crippen LogP contribution in [0.2, 0.25) is 0 Å². The first-order chi connectivity index (χ1) is 10.1. The molecule has 0 aliphatic rings. The molecule has 2 aromatic carbocycles. The molecule has 0 heterocycles. The third-order valence-electron chi connectivity index (χ3n) is 3.43. The Morgan fingerprint density at radius 2 is 1.90 bits per heavy atom. The van der Waals surface area contributed by atoms with Gasteiger partial charge in [0.15, 0.2) is 0 Å². The zero-order valence-electron chi connectivity index (χ0n) is 12.4.